The van der Waals surface area contributed by atoms with Crippen LogP contribution in [-0.2, 0) is 0 Å². The van der Waals surface area contributed by atoms with E-state index in [0.29, 0.717) is 0 Å². The molecule has 108 valence electrons. The average molecular weight is 255 g/mol. The first-order valence-corrected chi connectivity index (χ1v) is 7.83. The van der Waals surface area contributed by atoms with Crippen molar-refractivity contribution >= 4 is 0 Å². The van der Waals surface area contributed by atoms with E-state index in [1.54, 1.807) is 0 Å². The van der Waals surface area contributed by atoms with Crippen LogP contribution in [0.25, 0.3) is 0 Å². The second-order valence-electron chi connectivity index (χ2n) is 5.88. The van der Waals surface area contributed by atoms with Gasteiger partial charge < -0.3 is 10.2 Å². The van der Waals surface area contributed by atoms with Gasteiger partial charge in [-0.05, 0) is 59.4 Å². The van der Waals surface area contributed by atoms with Crippen LogP contribution < -0.4 is 5.32 Å². The molecule has 1 fully saturated rings. The number of nitrogens with one attached hydrogen (secondary N) is 1. The van der Waals surface area contributed by atoms with Crippen LogP contribution >= 0.6 is 0 Å². The zero-order valence-electron chi connectivity index (χ0n) is 12.7. The highest BCUT2D eigenvalue weighted by Gasteiger charge is 2.20. The third-order valence-corrected chi connectivity index (χ3v) is 3.91. The summed E-state index contributed by atoms with van der Waals surface area (Å²) < 4.78 is 0. The maximum atomic E-state index is 3.58. The van der Waals surface area contributed by atoms with Gasteiger partial charge >= 0.3 is 0 Å². The van der Waals surface area contributed by atoms with Crippen LogP contribution in [0.15, 0.2) is 0 Å². The van der Waals surface area contributed by atoms with E-state index in [1.807, 2.05) is 0 Å². The predicted molar refractivity (Wildman–Crippen MR) is 80.2 cm³/mol. The topological polar surface area (TPSA) is 18.5 Å². The Bertz CT molecular complexity index is 192. The van der Waals surface area contributed by atoms with Gasteiger partial charge in [0, 0.05) is 19.1 Å². The van der Waals surface area contributed by atoms with Gasteiger partial charge in [-0.1, -0.05) is 19.8 Å². The zero-order chi connectivity index (χ0) is 13.2. The SMILES string of the molecule is CCCC1CCCCN1CCNCCCN(C)C. The summed E-state index contributed by atoms with van der Waals surface area (Å²) in [6.07, 6.45) is 8.25. The molecule has 3 nitrogen and oxygen atoms in total. The van der Waals surface area contributed by atoms with Crippen molar-refractivity contribution in [2.75, 3.05) is 46.8 Å². The van der Waals surface area contributed by atoms with Crippen LogP contribution in [0.2, 0.25) is 0 Å². The van der Waals surface area contributed by atoms with Crippen LogP contribution in [0.4, 0.5) is 0 Å². The molecule has 1 aliphatic heterocycles. The van der Waals surface area contributed by atoms with E-state index in [4.69, 9.17) is 0 Å². The number of hydrogen-bond acceptors (Lipinski definition) is 3. The summed E-state index contributed by atoms with van der Waals surface area (Å²) >= 11 is 0. The van der Waals surface area contributed by atoms with Crippen molar-refractivity contribution < 1.29 is 0 Å². The van der Waals surface area contributed by atoms with E-state index in [1.165, 1.54) is 58.2 Å². The molecule has 1 saturated heterocycles. The number of likely N-dealkylation sites (tertiary alicyclic amines) is 1. The van der Waals surface area contributed by atoms with Crippen molar-refractivity contribution in [1.29, 1.82) is 0 Å². The Morgan fingerprint density at radius 1 is 1.22 bits per heavy atom. The first kappa shape index (κ1) is 15.9. The van der Waals surface area contributed by atoms with Crippen molar-refractivity contribution in [1.82, 2.24) is 15.1 Å². The third kappa shape index (κ3) is 6.72. The Kier molecular flexibility index (Phi) is 8.64. The maximum absolute atomic E-state index is 3.58. The van der Waals surface area contributed by atoms with Gasteiger partial charge in [0.15, 0.2) is 0 Å². The molecule has 1 N–H and O–H groups in total. The van der Waals surface area contributed by atoms with Gasteiger partial charge in [-0.3, -0.25) is 4.90 Å². The van der Waals surface area contributed by atoms with Gasteiger partial charge in [0.1, 0.15) is 0 Å². The quantitative estimate of drug-likeness (QED) is 0.637. The van der Waals surface area contributed by atoms with E-state index in [9.17, 15) is 0 Å². The lowest BCUT2D eigenvalue weighted by molar-refractivity contribution is 0.140. The summed E-state index contributed by atoms with van der Waals surface area (Å²) in [4.78, 5) is 4.97. The van der Waals surface area contributed by atoms with Crippen molar-refractivity contribution in [3.05, 3.63) is 0 Å². The van der Waals surface area contributed by atoms with Gasteiger partial charge in [-0.15, -0.1) is 0 Å². The van der Waals surface area contributed by atoms with Gasteiger partial charge in [-0.2, -0.15) is 0 Å². The Hall–Kier alpha value is -0.120. The van der Waals surface area contributed by atoms with Gasteiger partial charge in [0.2, 0.25) is 0 Å². The normalized spacial score (nSPS) is 21.7. The second-order valence-corrected chi connectivity index (χ2v) is 5.88. The minimum atomic E-state index is 0.868. The molecule has 18 heavy (non-hydrogen) atoms. The van der Waals surface area contributed by atoms with E-state index < -0.39 is 0 Å². The molecular weight excluding hydrogens is 222 g/mol. The molecule has 0 amide bonds. The predicted octanol–water partition coefficient (Wildman–Crippen LogP) is 2.18. The Morgan fingerprint density at radius 3 is 2.78 bits per heavy atom. The van der Waals surface area contributed by atoms with Gasteiger partial charge in [-0.25, -0.2) is 0 Å². The monoisotopic (exact) mass is 255 g/mol. The molecule has 0 saturated carbocycles. The summed E-state index contributed by atoms with van der Waals surface area (Å²) in [6.45, 7) is 8.39. The Labute approximate surface area is 114 Å². The molecule has 0 aromatic heterocycles. The number of nitrogens with zero attached hydrogens (tertiary/aromatic N) is 2. The molecule has 0 aromatic carbocycles. The zero-order valence-corrected chi connectivity index (χ0v) is 12.7. The fourth-order valence-electron chi connectivity index (χ4n) is 2.88. The van der Waals surface area contributed by atoms with Crippen LogP contribution in [0.3, 0.4) is 0 Å². The van der Waals surface area contributed by atoms with Crippen LogP contribution in [0.5, 0.6) is 0 Å². The van der Waals surface area contributed by atoms with Crippen molar-refractivity contribution in [3.63, 3.8) is 0 Å². The van der Waals surface area contributed by atoms with Crippen LogP contribution in [-0.4, -0.2) is 62.7 Å². The molecule has 0 radical (unpaired) electrons. The van der Waals surface area contributed by atoms with E-state index in [-0.39, 0.29) is 0 Å². The minimum Gasteiger partial charge on any atom is -0.315 e. The molecule has 3 heteroatoms. The second kappa shape index (κ2) is 9.76. The molecule has 1 atom stereocenters. The van der Waals surface area contributed by atoms with Crippen LogP contribution in [0.1, 0.15) is 45.4 Å². The smallest absolute Gasteiger partial charge is 0.0110 e. The molecule has 1 heterocycles. The van der Waals surface area contributed by atoms with Crippen molar-refractivity contribution in [3.8, 4) is 0 Å². The average Bonchev–Trinajstić information content (AvgIpc) is 2.35. The van der Waals surface area contributed by atoms with Crippen molar-refractivity contribution in [2.24, 2.45) is 0 Å². The minimum absolute atomic E-state index is 0.868. The molecular formula is C15H33N3. The lowest BCUT2D eigenvalue weighted by atomic mass is 9.98. The molecule has 0 bridgehead atoms. The highest BCUT2D eigenvalue weighted by Crippen LogP contribution is 2.19. The first-order valence-electron chi connectivity index (χ1n) is 7.83. The first-order chi connectivity index (χ1) is 8.74. The summed E-state index contributed by atoms with van der Waals surface area (Å²) in [5.74, 6) is 0. The molecule has 1 aliphatic rings. The fourth-order valence-corrected chi connectivity index (χ4v) is 2.88. The number of rotatable bonds is 9. The van der Waals surface area contributed by atoms with Gasteiger partial charge in [0.25, 0.3) is 0 Å². The molecule has 0 spiro atoms. The van der Waals surface area contributed by atoms with Crippen LogP contribution in [0, 0.1) is 0 Å². The summed E-state index contributed by atoms with van der Waals surface area (Å²) in [5.41, 5.74) is 0. The fraction of sp³-hybridized carbons (Fsp3) is 1.00. The standard InChI is InChI=1S/C15H33N3/c1-4-8-15-9-5-6-13-18(15)14-11-16-10-7-12-17(2)3/h15-16H,4-14H2,1-3H3. The maximum Gasteiger partial charge on any atom is 0.0110 e. The van der Waals surface area contributed by atoms with E-state index >= 15 is 0 Å². The molecule has 0 aliphatic carbocycles. The third-order valence-electron chi connectivity index (χ3n) is 3.91. The molecule has 0 aromatic rings. The van der Waals surface area contributed by atoms with Crippen molar-refractivity contribution in [2.45, 2.75) is 51.5 Å². The molecule has 1 rings (SSSR count). The Morgan fingerprint density at radius 2 is 2.06 bits per heavy atom. The number of piperidine rings is 1. The highest BCUT2D eigenvalue weighted by molar-refractivity contribution is 4.76. The van der Waals surface area contributed by atoms with E-state index in [2.05, 4.69) is 36.1 Å². The largest absolute Gasteiger partial charge is 0.315 e. The van der Waals surface area contributed by atoms with E-state index in [0.717, 1.165) is 19.1 Å². The number of hydrogen-bond donors (Lipinski definition) is 1. The van der Waals surface area contributed by atoms with Gasteiger partial charge in [0.05, 0.1) is 0 Å². The highest BCUT2D eigenvalue weighted by atomic mass is 15.2. The summed E-state index contributed by atoms with van der Waals surface area (Å²) in [6, 6.07) is 0.868. The Balaban J connectivity index is 2.05. The lowest BCUT2D eigenvalue weighted by Gasteiger charge is -2.35. The summed E-state index contributed by atoms with van der Waals surface area (Å²) in [7, 11) is 4.28. The summed E-state index contributed by atoms with van der Waals surface area (Å²) in [5, 5.41) is 3.58. The lowest BCUT2D eigenvalue weighted by Crippen LogP contribution is -2.43. The molecule has 1 unspecified atom stereocenters.